The van der Waals surface area contributed by atoms with E-state index < -0.39 is 0 Å². The lowest BCUT2D eigenvalue weighted by Gasteiger charge is -2.29. The van der Waals surface area contributed by atoms with E-state index in [1.54, 1.807) is 0 Å². The van der Waals surface area contributed by atoms with Crippen molar-refractivity contribution in [2.45, 2.75) is 33.1 Å². The summed E-state index contributed by atoms with van der Waals surface area (Å²) in [6.07, 6.45) is 2.42. The molecule has 1 aliphatic heterocycles. The summed E-state index contributed by atoms with van der Waals surface area (Å²) in [7, 11) is 0. The van der Waals surface area contributed by atoms with Gasteiger partial charge in [0.25, 0.3) is 0 Å². The molecule has 1 fully saturated rings. The first-order valence-corrected chi connectivity index (χ1v) is 8.06. The normalized spacial score (nSPS) is 18.7. The lowest BCUT2D eigenvalue weighted by atomic mass is 10.00. The number of hydrogen-bond donors (Lipinski definition) is 1. The lowest BCUT2D eigenvalue weighted by Crippen LogP contribution is -2.36. The molecule has 0 aromatic heterocycles. The van der Waals surface area contributed by atoms with E-state index in [-0.39, 0.29) is 11.8 Å². The Hall–Kier alpha value is -1.57. The maximum atomic E-state index is 12.1. The molecule has 1 aromatic rings. The summed E-state index contributed by atoms with van der Waals surface area (Å²) in [5.74, 6) is 0.0681. The summed E-state index contributed by atoms with van der Waals surface area (Å²) in [5.41, 5.74) is 2.75. The second-order valence-corrected chi connectivity index (χ2v) is 6.41. The van der Waals surface area contributed by atoms with Crippen molar-refractivity contribution in [1.29, 1.82) is 5.26 Å². The van der Waals surface area contributed by atoms with E-state index in [1.807, 2.05) is 26.0 Å². The summed E-state index contributed by atoms with van der Waals surface area (Å²) in [5, 5.41) is 12.5. The van der Waals surface area contributed by atoms with Crippen LogP contribution in [0.3, 0.4) is 0 Å². The van der Waals surface area contributed by atoms with Gasteiger partial charge in [0.15, 0.2) is 0 Å². The molecule has 1 aliphatic rings. The molecule has 0 radical (unpaired) electrons. The van der Waals surface area contributed by atoms with Crippen molar-refractivity contribution in [2.75, 3.05) is 25.0 Å². The fourth-order valence-electron chi connectivity index (χ4n) is 2.90. The Morgan fingerprint density at radius 1 is 1.50 bits per heavy atom. The summed E-state index contributed by atoms with van der Waals surface area (Å²) >= 11 is 6.20. The number of nitrogens with one attached hydrogen (secondary N) is 1. The van der Waals surface area contributed by atoms with Crippen LogP contribution in [-0.2, 0) is 4.79 Å². The number of carbonyl (C=O) groups is 1. The SMILES string of the molecule is Cc1cc(C)c(NC(=O)CCN2CCC[C@@H](C#N)C2)c(Cl)c1. The lowest BCUT2D eigenvalue weighted by molar-refractivity contribution is -0.116. The molecule has 4 nitrogen and oxygen atoms in total. The van der Waals surface area contributed by atoms with Gasteiger partial charge in [-0.2, -0.15) is 5.26 Å². The van der Waals surface area contributed by atoms with Gasteiger partial charge in [-0.1, -0.05) is 17.7 Å². The van der Waals surface area contributed by atoms with Gasteiger partial charge in [-0.05, 0) is 50.4 Å². The van der Waals surface area contributed by atoms with Gasteiger partial charge in [0, 0.05) is 19.5 Å². The zero-order chi connectivity index (χ0) is 16.1. The standard InChI is InChI=1S/C17H22ClN3O/c1-12-8-13(2)17(15(18)9-12)20-16(22)5-7-21-6-3-4-14(10-19)11-21/h8-9,14H,3-7,11H2,1-2H3,(H,20,22)/t14-/m0/s1. The Morgan fingerprint density at radius 3 is 2.95 bits per heavy atom. The molecular formula is C17H22ClN3O. The van der Waals surface area contributed by atoms with Crippen LogP contribution in [0, 0.1) is 31.1 Å². The number of nitriles is 1. The number of anilines is 1. The molecule has 0 unspecified atom stereocenters. The summed E-state index contributed by atoms with van der Waals surface area (Å²) < 4.78 is 0. The minimum Gasteiger partial charge on any atom is -0.325 e. The van der Waals surface area contributed by atoms with Crippen molar-refractivity contribution < 1.29 is 4.79 Å². The molecule has 5 heteroatoms. The monoisotopic (exact) mass is 319 g/mol. The average Bonchev–Trinajstić information content (AvgIpc) is 2.49. The number of nitrogens with zero attached hydrogens (tertiary/aromatic N) is 2. The van der Waals surface area contributed by atoms with Crippen LogP contribution in [0.2, 0.25) is 5.02 Å². The molecular weight excluding hydrogens is 298 g/mol. The number of likely N-dealkylation sites (tertiary alicyclic amines) is 1. The average molecular weight is 320 g/mol. The number of rotatable bonds is 4. The third kappa shape index (κ3) is 4.46. The third-order valence-corrected chi connectivity index (χ3v) is 4.34. The predicted octanol–water partition coefficient (Wildman–Crippen LogP) is 3.52. The van der Waals surface area contributed by atoms with Crippen LogP contribution in [0.25, 0.3) is 0 Å². The van der Waals surface area contributed by atoms with E-state index >= 15 is 0 Å². The number of benzene rings is 1. The first-order chi connectivity index (χ1) is 10.5. The largest absolute Gasteiger partial charge is 0.325 e. The Balaban J connectivity index is 1.87. The summed E-state index contributed by atoms with van der Waals surface area (Å²) in [6, 6.07) is 6.18. The maximum Gasteiger partial charge on any atom is 0.225 e. The van der Waals surface area contributed by atoms with Crippen LogP contribution < -0.4 is 5.32 Å². The van der Waals surface area contributed by atoms with E-state index in [2.05, 4.69) is 16.3 Å². The van der Waals surface area contributed by atoms with E-state index in [9.17, 15) is 4.79 Å². The minimum absolute atomic E-state index is 0.0343. The summed E-state index contributed by atoms with van der Waals surface area (Å²) in [6.45, 7) is 6.35. The smallest absolute Gasteiger partial charge is 0.225 e. The molecule has 118 valence electrons. The fraction of sp³-hybridized carbons (Fsp3) is 0.529. The molecule has 22 heavy (non-hydrogen) atoms. The number of halogens is 1. The number of piperidine rings is 1. The second kappa shape index (κ2) is 7.62. The van der Waals surface area contributed by atoms with Crippen LogP contribution in [0.15, 0.2) is 12.1 Å². The molecule has 1 saturated heterocycles. The maximum absolute atomic E-state index is 12.1. The Morgan fingerprint density at radius 2 is 2.27 bits per heavy atom. The van der Waals surface area contributed by atoms with E-state index in [0.717, 1.165) is 37.1 Å². The molecule has 1 amide bonds. The Labute approximate surface area is 137 Å². The van der Waals surface area contributed by atoms with E-state index in [0.29, 0.717) is 23.7 Å². The topological polar surface area (TPSA) is 56.1 Å². The molecule has 0 spiro atoms. The van der Waals surface area contributed by atoms with Gasteiger partial charge in [0.1, 0.15) is 0 Å². The zero-order valence-electron chi connectivity index (χ0n) is 13.2. The summed E-state index contributed by atoms with van der Waals surface area (Å²) in [4.78, 5) is 14.3. The van der Waals surface area contributed by atoms with E-state index in [1.165, 1.54) is 0 Å². The zero-order valence-corrected chi connectivity index (χ0v) is 13.9. The van der Waals surface area contributed by atoms with Crippen LogP contribution in [0.4, 0.5) is 5.69 Å². The Bertz CT molecular complexity index is 571. The number of hydrogen-bond acceptors (Lipinski definition) is 3. The van der Waals surface area contributed by atoms with Crippen molar-refractivity contribution in [1.82, 2.24) is 4.90 Å². The minimum atomic E-state index is -0.0343. The quantitative estimate of drug-likeness (QED) is 0.923. The van der Waals surface area contributed by atoms with Crippen molar-refractivity contribution >= 4 is 23.2 Å². The van der Waals surface area contributed by atoms with Crippen LogP contribution in [0.5, 0.6) is 0 Å². The van der Waals surface area contributed by atoms with Crippen LogP contribution in [0.1, 0.15) is 30.4 Å². The molecule has 0 saturated carbocycles. The first kappa shape index (κ1) is 16.8. The molecule has 1 aromatic carbocycles. The molecule has 2 rings (SSSR count). The molecule has 0 aliphatic carbocycles. The van der Waals surface area contributed by atoms with Gasteiger partial charge < -0.3 is 10.2 Å². The molecule has 0 bridgehead atoms. The van der Waals surface area contributed by atoms with Gasteiger partial charge in [-0.3, -0.25) is 4.79 Å². The van der Waals surface area contributed by atoms with Gasteiger partial charge in [-0.15, -0.1) is 0 Å². The van der Waals surface area contributed by atoms with E-state index in [4.69, 9.17) is 16.9 Å². The van der Waals surface area contributed by atoms with Gasteiger partial charge in [0.2, 0.25) is 5.91 Å². The third-order valence-electron chi connectivity index (χ3n) is 4.04. The Kier molecular flexibility index (Phi) is 5.82. The van der Waals surface area contributed by atoms with Crippen molar-refractivity contribution in [3.05, 3.63) is 28.3 Å². The first-order valence-electron chi connectivity index (χ1n) is 7.68. The van der Waals surface area contributed by atoms with Crippen LogP contribution >= 0.6 is 11.6 Å². The highest BCUT2D eigenvalue weighted by atomic mass is 35.5. The van der Waals surface area contributed by atoms with Crippen molar-refractivity contribution in [2.24, 2.45) is 5.92 Å². The predicted molar refractivity (Wildman–Crippen MR) is 88.9 cm³/mol. The highest BCUT2D eigenvalue weighted by Gasteiger charge is 2.20. The van der Waals surface area contributed by atoms with Crippen molar-refractivity contribution in [3.8, 4) is 6.07 Å². The highest BCUT2D eigenvalue weighted by molar-refractivity contribution is 6.34. The van der Waals surface area contributed by atoms with Gasteiger partial charge in [-0.25, -0.2) is 0 Å². The second-order valence-electron chi connectivity index (χ2n) is 6.01. The van der Waals surface area contributed by atoms with Gasteiger partial charge >= 0.3 is 0 Å². The number of aryl methyl sites for hydroxylation is 2. The number of amides is 1. The fourth-order valence-corrected chi connectivity index (χ4v) is 3.27. The van der Waals surface area contributed by atoms with Crippen LogP contribution in [-0.4, -0.2) is 30.4 Å². The highest BCUT2D eigenvalue weighted by Crippen LogP contribution is 2.27. The molecule has 1 N–H and O–H groups in total. The molecule has 1 heterocycles. The number of carbonyl (C=O) groups excluding carboxylic acids is 1. The van der Waals surface area contributed by atoms with Crippen molar-refractivity contribution in [3.63, 3.8) is 0 Å². The molecule has 1 atom stereocenters. The van der Waals surface area contributed by atoms with Gasteiger partial charge in [0.05, 0.1) is 22.7 Å².